The average molecular weight is 383 g/mol. The number of methoxy groups -OCH3 is 1. The lowest BCUT2D eigenvalue weighted by Crippen LogP contribution is -2.07. The lowest BCUT2D eigenvalue weighted by atomic mass is 10.1. The van der Waals surface area contributed by atoms with Crippen LogP contribution in [0.3, 0.4) is 0 Å². The topological polar surface area (TPSA) is 66.2 Å². The summed E-state index contributed by atoms with van der Waals surface area (Å²) in [7, 11) is 1.38. The van der Waals surface area contributed by atoms with Crippen molar-refractivity contribution in [1.29, 1.82) is 0 Å². The highest BCUT2D eigenvalue weighted by Gasteiger charge is 2.14. The Bertz CT molecular complexity index is 961. The van der Waals surface area contributed by atoms with Gasteiger partial charge in [-0.1, -0.05) is 27.7 Å². The van der Waals surface area contributed by atoms with Crippen molar-refractivity contribution < 1.29 is 14.3 Å². The smallest absolute Gasteiger partial charge is 0.337 e. The molecule has 0 spiro atoms. The molecule has 3 aromatic rings. The number of aromatic nitrogens is 3. The average Bonchev–Trinajstić information content (AvgIpc) is 3.04. The lowest BCUT2D eigenvalue weighted by molar-refractivity contribution is 0.0601. The summed E-state index contributed by atoms with van der Waals surface area (Å²) in [6, 6.07) is 7.43. The zero-order chi connectivity index (χ0) is 20.8. The Morgan fingerprint density at radius 1 is 1.18 bits per heavy atom. The number of benzene rings is 1. The molecule has 1 aromatic carbocycles. The summed E-state index contributed by atoms with van der Waals surface area (Å²) in [6.07, 6.45) is 1.75. The number of esters is 1. The molecule has 150 valence electrons. The van der Waals surface area contributed by atoms with Crippen molar-refractivity contribution in [2.45, 2.75) is 41.5 Å². The second kappa shape index (κ2) is 9.35. The van der Waals surface area contributed by atoms with Crippen molar-refractivity contribution in [3.8, 4) is 11.6 Å². The van der Waals surface area contributed by atoms with Crippen LogP contribution in [0, 0.1) is 19.8 Å². The second-order valence-electron chi connectivity index (χ2n) is 6.74. The molecule has 0 unspecified atom stereocenters. The van der Waals surface area contributed by atoms with E-state index in [2.05, 4.69) is 23.9 Å². The number of carbonyl (C=O) groups is 1. The Morgan fingerprint density at radius 2 is 1.89 bits per heavy atom. The van der Waals surface area contributed by atoms with E-state index in [4.69, 9.17) is 9.47 Å². The number of nitrogens with zero attached hydrogens (tertiary/aromatic N) is 3. The van der Waals surface area contributed by atoms with Crippen molar-refractivity contribution >= 4 is 16.9 Å². The third-order valence-corrected chi connectivity index (χ3v) is 4.10. The molecule has 2 heterocycles. The van der Waals surface area contributed by atoms with Crippen LogP contribution in [0.5, 0.6) is 5.88 Å². The maximum atomic E-state index is 11.8. The van der Waals surface area contributed by atoms with Crippen LogP contribution in [0.4, 0.5) is 0 Å². The van der Waals surface area contributed by atoms with Crippen molar-refractivity contribution in [3.63, 3.8) is 0 Å². The molecule has 0 N–H and O–H groups in total. The molecule has 28 heavy (non-hydrogen) atoms. The lowest BCUT2D eigenvalue weighted by Gasteiger charge is -2.11. The summed E-state index contributed by atoms with van der Waals surface area (Å²) in [5, 5.41) is 5.52. The van der Waals surface area contributed by atoms with Crippen LogP contribution in [-0.4, -0.2) is 34.5 Å². The van der Waals surface area contributed by atoms with E-state index in [1.54, 1.807) is 18.3 Å². The normalized spacial score (nSPS) is 10.6. The Hall–Kier alpha value is -2.89. The molecule has 0 aliphatic heterocycles. The van der Waals surface area contributed by atoms with Gasteiger partial charge in [-0.15, -0.1) is 0 Å². The Morgan fingerprint density at radius 3 is 2.50 bits per heavy atom. The fourth-order valence-electron chi connectivity index (χ4n) is 2.77. The van der Waals surface area contributed by atoms with Gasteiger partial charge in [-0.3, -0.25) is 0 Å². The van der Waals surface area contributed by atoms with E-state index in [0.717, 1.165) is 27.8 Å². The number of fused-ring (bicyclic) bond motifs is 1. The minimum absolute atomic E-state index is 0.358. The van der Waals surface area contributed by atoms with Gasteiger partial charge in [-0.25, -0.2) is 14.5 Å². The number of pyridine rings is 1. The van der Waals surface area contributed by atoms with Crippen LogP contribution in [0.2, 0.25) is 0 Å². The second-order valence-corrected chi connectivity index (χ2v) is 6.74. The molecule has 6 heteroatoms. The van der Waals surface area contributed by atoms with E-state index in [0.29, 0.717) is 24.0 Å². The summed E-state index contributed by atoms with van der Waals surface area (Å²) in [4.78, 5) is 16.2. The molecule has 0 saturated carbocycles. The number of hydrogen-bond donors (Lipinski definition) is 0. The van der Waals surface area contributed by atoms with Gasteiger partial charge in [0.25, 0.3) is 0 Å². The molecule has 0 saturated heterocycles. The summed E-state index contributed by atoms with van der Waals surface area (Å²) in [5.74, 6) is 0.726. The zero-order valence-electron chi connectivity index (χ0n) is 17.7. The predicted octanol–water partition coefficient (Wildman–Crippen LogP) is 4.88. The minimum Gasteiger partial charge on any atom is -0.477 e. The van der Waals surface area contributed by atoms with E-state index < -0.39 is 0 Å². The SMILES string of the molecule is CC.COC(=O)c1ccc2c(c1)c(C)nn2-c1cnc(OCC(C)C)c(C)c1. The van der Waals surface area contributed by atoms with Crippen LogP contribution >= 0.6 is 0 Å². The van der Waals surface area contributed by atoms with Gasteiger partial charge in [0.15, 0.2) is 0 Å². The number of hydrogen-bond acceptors (Lipinski definition) is 5. The van der Waals surface area contributed by atoms with Gasteiger partial charge in [0.2, 0.25) is 5.88 Å². The highest BCUT2D eigenvalue weighted by Crippen LogP contribution is 2.25. The van der Waals surface area contributed by atoms with E-state index in [1.165, 1.54) is 7.11 Å². The Kier molecular flexibility index (Phi) is 7.15. The summed E-state index contributed by atoms with van der Waals surface area (Å²) < 4.78 is 12.4. The summed E-state index contributed by atoms with van der Waals surface area (Å²) in [6.45, 7) is 12.7. The molecule has 0 amide bonds. The fourth-order valence-corrected chi connectivity index (χ4v) is 2.77. The maximum absolute atomic E-state index is 11.8. The van der Waals surface area contributed by atoms with Gasteiger partial charge in [0, 0.05) is 10.9 Å². The molecular weight excluding hydrogens is 354 g/mol. The van der Waals surface area contributed by atoms with Gasteiger partial charge in [-0.05, 0) is 44.0 Å². The Labute approximate surface area is 166 Å². The van der Waals surface area contributed by atoms with Crippen LogP contribution < -0.4 is 4.74 Å². The maximum Gasteiger partial charge on any atom is 0.337 e. The third-order valence-electron chi connectivity index (χ3n) is 4.10. The molecule has 0 radical (unpaired) electrons. The third kappa shape index (κ3) is 4.50. The van der Waals surface area contributed by atoms with E-state index in [9.17, 15) is 4.79 Å². The number of carbonyl (C=O) groups excluding carboxylic acids is 1. The zero-order valence-corrected chi connectivity index (χ0v) is 17.7. The minimum atomic E-state index is -0.358. The molecular formula is C22H29N3O3. The largest absolute Gasteiger partial charge is 0.477 e. The molecule has 0 bridgehead atoms. The number of aryl methyl sites for hydroxylation is 2. The van der Waals surface area contributed by atoms with E-state index in [1.807, 2.05) is 44.5 Å². The molecule has 0 atom stereocenters. The first-order chi connectivity index (χ1) is 13.4. The summed E-state index contributed by atoms with van der Waals surface area (Å²) in [5.41, 5.74) is 4.06. The van der Waals surface area contributed by atoms with Gasteiger partial charge in [0.05, 0.1) is 42.4 Å². The van der Waals surface area contributed by atoms with E-state index >= 15 is 0 Å². The molecule has 0 aliphatic carbocycles. The quantitative estimate of drug-likeness (QED) is 0.587. The predicted molar refractivity (Wildman–Crippen MR) is 111 cm³/mol. The highest BCUT2D eigenvalue weighted by atomic mass is 16.5. The van der Waals surface area contributed by atoms with Gasteiger partial charge in [0.1, 0.15) is 0 Å². The molecule has 0 aliphatic rings. The standard InChI is InChI=1S/C20H23N3O3.C2H6/c1-12(2)11-26-19-13(3)8-16(10-21-19)23-18-7-6-15(20(24)25-5)9-17(18)14(4)22-23;1-2/h6-10,12H,11H2,1-5H3;1-2H3. The molecule has 2 aromatic heterocycles. The van der Waals surface area contributed by atoms with Crippen LogP contribution in [0.1, 0.15) is 49.3 Å². The summed E-state index contributed by atoms with van der Waals surface area (Å²) >= 11 is 0. The van der Waals surface area contributed by atoms with Gasteiger partial charge < -0.3 is 9.47 Å². The van der Waals surface area contributed by atoms with Crippen molar-refractivity contribution in [3.05, 3.63) is 47.3 Å². The van der Waals surface area contributed by atoms with Crippen molar-refractivity contribution in [2.24, 2.45) is 5.92 Å². The van der Waals surface area contributed by atoms with Gasteiger partial charge >= 0.3 is 5.97 Å². The fraction of sp³-hybridized carbons (Fsp3) is 0.409. The van der Waals surface area contributed by atoms with Crippen molar-refractivity contribution in [2.75, 3.05) is 13.7 Å². The first-order valence-corrected chi connectivity index (χ1v) is 9.58. The van der Waals surface area contributed by atoms with E-state index in [-0.39, 0.29) is 5.97 Å². The highest BCUT2D eigenvalue weighted by molar-refractivity contribution is 5.95. The van der Waals surface area contributed by atoms with Gasteiger partial charge in [-0.2, -0.15) is 5.10 Å². The molecule has 6 nitrogen and oxygen atoms in total. The first-order valence-electron chi connectivity index (χ1n) is 9.58. The Balaban J connectivity index is 0.00000136. The first kappa shape index (κ1) is 21.4. The molecule has 3 rings (SSSR count). The molecule has 0 fully saturated rings. The number of rotatable bonds is 5. The number of ether oxygens (including phenoxy) is 2. The van der Waals surface area contributed by atoms with Crippen LogP contribution in [0.15, 0.2) is 30.5 Å². The van der Waals surface area contributed by atoms with Crippen LogP contribution in [-0.2, 0) is 4.74 Å². The monoisotopic (exact) mass is 383 g/mol. The van der Waals surface area contributed by atoms with Crippen LogP contribution in [0.25, 0.3) is 16.6 Å². The van der Waals surface area contributed by atoms with Crippen molar-refractivity contribution in [1.82, 2.24) is 14.8 Å².